The lowest BCUT2D eigenvalue weighted by molar-refractivity contribution is 0.414. The Morgan fingerprint density at radius 1 is 1.22 bits per heavy atom. The summed E-state index contributed by atoms with van der Waals surface area (Å²) < 4.78 is 7.13. The average molecular weight is 485 g/mol. The van der Waals surface area contributed by atoms with E-state index in [4.69, 9.17) is 4.74 Å². The summed E-state index contributed by atoms with van der Waals surface area (Å²) >= 11 is 0. The van der Waals surface area contributed by atoms with E-state index in [1.54, 1.807) is 14.2 Å². The number of benzene rings is 1. The van der Waals surface area contributed by atoms with Crippen molar-refractivity contribution in [3.05, 3.63) is 46.8 Å². The highest BCUT2D eigenvalue weighted by atomic mass is 127. The third-order valence-corrected chi connectivity index (χ3v) is 4.87. The number of nitrogens with one attached hydrogen (secondary N) is 2. The Balaban J connectivity index is 0.00000364. The Labute approximate surface area is 179 Å². The lowest BCUT2D eigenvalue weighted by Gasteiger charge is -2.15. The fourth-order valence-electron chi connectivity index (χ4n) is 2.97. The molecule has 0 fully saturated rings. The molecule has 0 spiro atoms. The first kappa shape index (κ1) is 23.3. The van der Waals surface area contributed by atoms with E-state index in [-0.39, 0.29) is 24.0 Å². The van der Waals surface area contributed by atoms with Gasteiger partial charge in [-0.15, -0.1) is 24.0 Å². The van der Waals surface area contributed by atoms with Crippen LogP contribution in [0.1, 0.15) is 41.8 Å². The maximum atomic E-state index is 5.22. The maximum Gasteiger partial charge on any atom is 0.191 e. The first-order valence-electron chi connectivity index (χ1n) is 9.03. The molecule has 0 saturated heterocycles. The Bertz CT molecular complexity index is 740. The van der Waals surface area contributed by atoms with Gasteiger partial charge in [0, 0.05) is 38.4 Å². The molecule has 27 heavy (non-hydrogen) atoms. The van der Waals surface area contributed by atoms with Gasteiger partial charge in [0.05, 0.1) is 12.8 Å². The lowest BCUT2D eigenvalue weighted by Crippen LogP contribution is -2.37. The van der Waals surface area contributed by atoms with Crippen molar-refractivity contribution >= 4 is 29.9 Å². The van der Waals surface area contributed by atoms with Crippen LogP contribution in [0, 0.1) is 13.8 Å². The van der Waals surface area contributed by atoms with Gasteiger partial charge < -0.3 is 15.4 Å². The molecule has 0 aliphatic heterocycles. The second kappa shape index (κ2) is 11.2. The van der Waals surface area contributed by atoms with Crippen molar-refractivity contribution in [1.29, 1.82) is 0 Å². The molecule has 6 nitrogen and oxygen atoms in total. The number of ether oxygens (including phenoxy) is 1. The quantitative estimate of drug-likeness (QED) is 0.358. The molecule has 0 radical (unpaired) electrons. The first-order valence-corrected chi connectivity index (χ1v) is 9.03. The van der Waals surface area contributed by atoms with Crippen LogP contribution in [0.3, 0.4) is 0 Å². The molecule has 0 bridgehead atoms. The third-order valence-electron chi connectivity index (χ3n) is 4.87. The van der Waals surface area contributed by atoms with Crippen LogP contribution in [0.2, 0.25) is 0 Å². The maximum absolute atomic E-state index is 5.22. The topological polar surface area (TPSA) is 63.5 Å². The number of guanidine groups is 1. The predicted octanol–water partition coefficient (Wildman–Crippen LogP) is 3.52. The molecular weight excluding hydrogens is 453 g/mol. The summed E-state index contributed by atoms with van der Waals surface area (Å²) in [5.41, 5.74) is 4.78. The SMILES string of the molecule is CN=C(NCCC(C)c1ccc(OC)cc1)NCc1c(C)nn(C)c1C.I. The Kier molecular flexibility index (Phi) is 9.62. The van der Waals surface area contributed by atoms with Crippen molar-refractivity contribution in [3.63, 3.8) is 0 Å². The zero-order valence-corrected chi connectivity index (χ0v) is 19.5. The number of methoxy groups -OCH3 is 1. The van der Waals surface area contributed by atoms with Crippen molar-refractivity contribution in [2.24, 2.45) is 12.0 Å². The van der Waals surface area contributed by atoms with E-state index in [0.717, 1.165) is 36.9 Å². The molecule has 1 unspecified atom stereocenters. The van der Waals surface area contributed by atoms with Gasteiger partial charge in [0.1, 0.15) is 5.75 Å². The number of rotatable bonds is 7. The van der Waals surface area contributed by atoms with Crippen molar-refractivity contribution in [2.45, 2.75) is 39.7 Å². The molecule has 1 aromatic heterocycles. The van der Waals surface area contributed by atoms with Gasteiger partial charge in [-0.1, -0.05) is 19.1 Å². The molecule has 2 N–H and O–H groups in total. The third kappa shape index (κ3) is 6.41. The van der Waals surface area contributed by atoms with Gasteiger partial charge in [0.15, 0.2) is 5.96 Å². The van der Waals surface area contributed by atoms with E-state index < -0.39 is 0 Å². The summed E-state index contributed by atoms with van der Waals surface area (Å²) in [6.07, 6.45) is 1.03. The van der Waals surface area contributed by atoms with Gasteiger partial charge in [-0.3, -0.25) is 9.67 Å². The second-order valence-corrected chi connectivity index (χ2v) is 6.59. The fourth-order valence-corrected chi connectivity index (χ4v) is 2.97. The highest BCUT2D eigenvalue weighted by molar-refractivity contribution is 14.0. The summed E-state index contributed by atoms with van der Waals surface area (Å²) in [7, 11) is 5.46. The van der Waals surface area contributed by atoms with Crippen LogP contribution < -0.4 is 15.4 Å². The highest BCUT2D eigenvalue weighted by Gasteiger charge is 2.10. The highest BCUT2D eigenvalue weighted by Crippen LogP contribution is 2.21. The normalized spacial score (nSPS) is 12.3. The summed E-state index contributed by atoms with van der Waals surface area (Å²) in [5, 5.41) is 11.2. The zero-order valence-electron chi connectivity index (χ0n) is 17.2. The van der Waals surface area contributed by atoms with Crippen molar-refractivity contribution < 1.29 is 4.74 Å². The Morgan fingerprint density at radius 3 is 2.41 bits per heavy atom. The van der Waals surface area contributed by atoms with Crippen LogP contribution in [0.25, 0.3) is 0 Å². The Hall–Kier alpha value is -1.77. The van der Waals surface area contributed by atoms with E-state index in [9.17, 15) is 0 Å². The molecule has 1 aromatic carbocycles. The van der Waals surface area contributed by atoms with Crippen molar-refractivity contribution in [2.75, 3.05) is 20.7 Å². The lowest BCUT2D eigenvalue weighted by atomic mass is 9.98. The molecule has 2 rings (SSSR count). The van der Waals surface area contributed by atoms with Crippen molar-refractivity contribution in [1.82, 2.24) is 20.4 Å². The van der Waals surface area contributed by atoms with Gasteiger partial charge in [-0.2, -0.15) is 5.10 Å². The minimum Gasteiger partial charge on any atom is -0.497 e. The van der Waals surface area contributed by atoms with Gasteiger partial charge >= 0.3 is 0 Å². The molecule has 0 saturated carbocycles. The number of aryl methyl sites for hydroxylation is 2. The van der Waals surface area contributed by atoms with Crippen LogP contribution in [0.4, 0.5) is 0 Å². The average Bonchev–Trinajstić information content (AvgIpc) is 2.89. The monoisotopic (exact) mass is 485 g/mol. The fraction of sp³-hybridized carbons (Fsp3) is 0.500. The summed E-state index contributed by atoms with van der Waals surface area (Å²) in [4.78, 5) is 4.31. The van der Waals surface area contributed by atoms with Gasteiger partial charge in [-0.05, 0) is 43.9 Å². The molecule has 1 atom stereocenters. The molecule has 2 aromatic rings. The van der Waals surface area contributed by atoms with E-state index in [1.807, 2.05) is 30.8 Å². The van der Waals surface area contributed by atoms with Crippen LogP contribution in [0.15, 0.2) is 29.3 Å². The number of hydrogen-bond acceptors (Lipinski definition) is 3. The predicted molar refractivity (Wildman–Crippen MR) is 122 cm³/mol. The number of halogens is 1. The standard InChI is InChI=1S/C20H31N5O.HI/c1-14(17-7-9-18(26-6)10-8-17)11-12-22-20(21-4)23-13-19-15(2)24-25(5)16(19)3;/h7-10,14H,11-13H2,1-6H3,(H2,21,22,23);1H. The van der Waals surface area contributed by atoms with E-state index in [0.29, 0.717) is 5.92 Å². The Morgan fingerprint density at radius 2 is 1.89 bits per heavy atom. The minimum absolute atomic E-state index is 0. The number of aliphatic imine (C=N–C) groups is 1. The van der Waals surface area contributed by atoms with Gasteiger partial charge in [-0.25, -0.2) is 0 Å². The molecule has 150 valence electrons. The number of hydrogen-bond donors (Lipinski definition) is 2. The van der Waals surface area contributed by atoms with Crippen LogP contribution >= 0.6 is 24.0 Å². The first-order chi connectivity index (χ1) is 12.5. The van der Waals surface area contributed by atoms with Crippen molar-refractivity contribution in [3.8, 4) is 5.75 Å². The molecule has 0 amide bonds. The van der Waals surface area contributed by atoms with E-state index in [2.05, 4.69) is 46.7 Å². The van der Waals surface area contributed by atoms with Gasteiger partial charge in [0.2, 0.25) is 0 Å². The molecule has 0 aliphatic rings. The van der Waals surface area contributed by atoms with Gasteiger partial charge in [0.25, 0.3) is 0 Å². The van der Waals surface area contributed by atoms with Crippen LogP contribution in [-0.2, 0) is 13.6 Å². The molecule has 7 heteroatoms. The summed E-state index contributed by atoms with van der Waals surface area (Å²) in [6.45, 7) is 7.94. The van der Waals surface area contributed by atoms with E-state index >= 15 is 0 Å². The zero-order chi connectivity index (χ0) is 19.1. The number of nitrogens with zero attached hydrogens (tertiary/aromatic N) is 3. The summed E-state index contributed by atoms with van der Waals surface area (Å²) in [6, 6.07) is 8.28. The second-order valence-electron chi connectivity index (χ2n) is 6.59. The molecule has 1 heterocycles. The van der Waals surface area contributed by atoms with Crippen LogP contribution in [-0.4, -0.2) is 36.4 Å². The smallest absolute Gasteiger partial charge is 0.191 e. The summed E-state index contributed by atoms with van der Waals surface area (Å²) in [5.74, 6) is 2.17. The largest absolute Gasteiger partial charge is 0.497 e. The molecular formula is C20H32IN5O. The molecule has 0 aliphatic carbocycles. The minimum atomic E-state index is 0. The van der Waals surface area contributed by atoms with Crippen LogP contribution in [0.5, 0.6) is 5.75 Å². The van der Waals surface area contributed by atoms with E-state index in [1.165, 1.54) is 16.8 Å². The number of aromatic nitrogens is 2.